The molecule has 6 rings (SSSR count). The van der Waals surface area contributed by atoms with Crippen LogP contribution in [0.5, 0.6) is 0 Å². The van der Waals surface area contributed by atoms with E-state index in [2.05, 4.69) is 50.0 Å². The molecular weight excluding hydrogens is 456 g/mol. The van der Waals surface area contributed by atoms with E-state index >= 15 is 0 Å². The van der Waals surface area contributed by atoms with Gasteiger partial charge < -0.3 is 4.57 Å². The van der Waals surface area contributed by atoms with Crippen LogP contribution in [0.25, 0.3) is 22.5 Å². The lowest BCUT2D eigenvalue weighted by molar-refractivity contribution is -0.114. The number of aliphatic imine (C=N–C) groups is 1. The second-order valence-electron chi connectivity index (χ2n) is 8.36. The molecule has 0 aliphatic carbocycles. The first-order chi connectivity index (χ1) is 17.0. The number of rotatable bonds is 3. The lowest BCUT2D eigenvalue weighted by atomic mass is 10.1. The number of nitrogens with zero attached hydrogens (tertiary/aromatic N) is 5. The van der Waals surface area contributed by atoms with Crippen molar-refractivity contribution in [1.82, 2.24) is 14.6 Å². The van der Waals surface area contributed by atoms with Gasteiger partial charge in [-0.25, -0.2) is 0 Å². The zero-order valence-corrected chi connectivity index (χ0v) is 19.9. The van der Waals surface area contributed by atoms with Crippen molar-refractivity contribution in [3.8, 4) is 5.69 Å². The van der Waals surface area contributed by atoms with E-state index < -0.39 is 5.91 Å². The molecule has 35 heavy (non-hydrogen) atoms. The van der Waals surface area contributed by atoms with Gasteiger partial charge in [0.25, 0.3) is 5.91 Å². The molecule has 1 amide bonds. The first-order valence-corrected chi connectivity index (χ1v) is 11.9. The fraction of sp³-hybridized carbons (Fsp3) is 0.0741. The highest BCUT2D eigenvalue weighted by molar-refractivity contribution is 8.27. The Morgan fingerprint density at radius 1 is 1.00 bits per heavy atom. The summed E-state index contributed by atoms with van der Waals surface area (Å²) in [5.74, 6) is -0.422. The summed E-state index contributed by atoms with van der Waals surface area (Å²) in [5.41, 5.74) is 4.97. The van der Waals surface area contributed by atoms with Crippen LogP contribution in [0.1, 0.15) is 22.5 Å². The minimum absolute atomic E-state index is 0.0156. The van der Waals surface area contributed by atoms with Gasteiger partial charge in [-0.3, -0.25) is 15.2 Å². The predicted octanol–water partition coefficient (Wildman–Crippen LogP) is 5.31. The lowest BCUT2D eigenvalue weighted by Gasteiger charge is -2.20. The number of amides is 1. The monoisotopic (exact) mass is 476 g/mol. The van der Waals surface area contributed by atoms with Crippen molar-refractivity contribution in [1.29, 1.82) is 5.41 Å². The number of pyridine rings is 1. The Morgan fingerprint density at radius 2 is 1.83 bits per heavy atom. The number of hydrogen-bond acceptors (Lipinski definition) is 5. The number of carbonyl (C=O) groups is 1. The molecule has 2 aromatic carbocycles. The number of aryl methyl sites for hydroxylation is 1. The molecule has 2 aliphatic heterocycles. The molecular formula is C27H20N6OS. The maximum absolute atomic E-state index is 12.9. The standard InChI is InChI=1S/C27H20N6OS/c1-16-12-21(17(2)32(16)22-10-9-18-6-3-4-7-19(18)13-22)14-23-24(28)33-27(30-25(23)34)35-26(31-33)20-8-5-11-29-15-20/h3-15,28H,1-2H3/b23-14+,28-24?. The topological polar surface area (TPSA) is 86.7 Å². The van der Waals surface area contributed by atoms with Crippen molar-refractivity contribution in [2.45, 2.75) is 13.8 Å². The van der Waals surface area contributed by atoms with Crippen LogP contribution in [0.2, 0.25) is 0 Å². The zero-order valence-electron chi connectivity index (χ0n) is 19.1. The lowest BCUT2D eigenvalue weighted by Crippen LogP contribution is -2.35. The van der Waals surface area contributed by atoms with Gasteiger partial charge in [-0.2, -0.15) is 15.1 Å². The summed E-state index contributed by atoms with van der Waals surface area (Å²) in [4.78, 5) is 21.2. The number of thioether (sulfide) groups is 1. The average Bonchev–Trinajstić information content (AvgIpc) is 3.42. The molecule has 2 aliphatic rings. The third-order valence-electron chi connectivity index (χ3n) is 6.12. The Morgan fingerprint density at radius 3 is 2.63 bits per heavy atom. The molecule has 170 valence electrons. The van der Waals surface area contributed by atoms with Gasteiger partial charge in [0.1, 0.15) is 5.04 Å². The molecule has 0 radical (unpaired) electrons. The molecule has 4 aromatic rings. The van der Waals surface area contributed by atoms with Gasteiger partial charge >= 0.3 is 0 Å². The highest BCUT2D eigenvalue weighted by Crippen LogP contribution is 2.32. The number of hydrazone groups is 1. The number of benzene rings is 2. The number of carbonyl (C=O) groups excluding carboxylic acids is 1. The molecule has 2 aromatic heterocycles. The van der Waals surface area contributed by atoms with Gasteiger partial charge in [-0.1, -0.05) is 30.3 Å². The van der Waals surface area contributed by atoms with Crippen molar-refractivity contribution in [2.75, 3.05) is 0 Å². The molecule has 0 saturated carbocycles. The highest BCUT2D eigenvalue weighted by Gasteiger charge is 2.36. The van der Waals surface area contributed by atoms with Gasteiger partial charge in [0, 0.05) is 35.0 Å². The van der Waals surface area contributed by atoms with Gasteiger partial charge in [-0.15, -0.1) is 0 Å². The van der Waals surface area contributed by atoms with E-state index in [9.17, 15) is 4.79 Å². The minimum Gasteiger partial charge on any atom is -0.318 e. The van der Waals surface area contributed by atoms with Crippen molar-refractivity contribution in [2.24, 2.45) is 10.1 Å². The van der Waals surface area contributed by atoms with Crippen LogP contribution in [0, 0.1) is 19.3 Å². The molecule has 0 spiro atoms. The molecule has 0 atom stereocenters. The second kappa shape index (κ2) is 8.18. The first-order valence-electron chi connectivity index (χ1n) is 11.1. The number of nitrogens with one attached hydrogen (secondary N) is 1. The SMILES string of the molecule is Cc1cc(/C=C2\C(=N)N3N=C(c4cccnc4)SC3=NC2=O)c(C)n1-c1ccc2ccccc2c1. The molecule has 0 unspecified atom stereocenters. The Kier molecular flexibility index (Phi) is 4.96. The molecule has 0 saturated heterocycles. The van der Waals surface area contributed by atoms with Gasteiger partial charge in [0.05, 0.1) is 5.57 Å². The quantitative estimate of drug-likeness (QED) is 0.406. The van der Waals surface area contributed by atoms with Crippen LogP contribution < -0.4 is 0 Å². The van der Waals surface area contributed by atoms with E-state index in [1.807, 2.05) is 44.2 Å². The van der Waals surface area contributed by atoms with Crippen LogP contribution in [0.4, 0.5) is 0 Å². The van der Waals surface area contributed by atoms with E-state index in [-0.39, 0.29) is 11.4 Å². The summed E-state index contributed by atoms with van der Waals surface area (Å²) in [5, 5.41) is 18.0. The number of fused-ring (bicyclic) bond motifs is 2. The maximum Gasteiger partial charge on any atom is 0.283 e. The largest absolute Gasteiger partial charge is 0.318 e. The average molecular weight is 477 g/mol. The van der Waals surface area contributed by atoms with E-state index in [0.29, 0.717) is 10.2 Å². The van der Waals surface area contributed by atoms with Crippen molar-refractivity contribution >= 4 is 50.6 Å². The highest BCUT2D eigenvalue weighted by atomic mass is 32.2. The Bertz CT molecular complexity index is 1630. The van der Waals surface area contributed by atoms with Crippen molar-refractivity contribution < 1.29 is 4.79 Å². The van der Waals surface area contributed by atoms with E-state index in [1.54, 1.807) is 18.5 Å². The molecule has 4 heterocycles. The second-order valence-corrected chi connectivity index (χ2v) is 9.32. The summed E-state index contributed by atoms with van der Waals surface area (Å²) in [6.45, 7) is 4.06. The van der Waals surface area contributed by atoms with Gasteiger partial charge in [0.2, 0.25) is 5.17 Å². The summed E-state index contributed by atoms with van der Waals surface area (Å²) in [7, 11) is 0. The van der Waals surface area contributed by atoms with Gasteiger partial charge in [-0.05, 0) is 78.4 Å². The van der Waals surface area contributed by atoms with E-state index in [4.69, 9.17) is 5.41 Å². The van der Waals surface area contributed by atoms with E-state index in [1.165, 1.54) is 22.2 Å². The Balaban J connectivity index is 1.37. The summed E-state index contributed by atoms with van der Waals surface area (Å²) in [6, 6.07) is 20.4. The number of amidine groups is 2. The molecule has 1 N–H and O–H groups in total. The summed E-state index contributed by atoms with van der Waals surface area (Å²) < 4.78 is 2.16. The predicted molar refractivity (Wildman–Crippen MR) is 141 cm³/mol. The molecule has 8 heteroatoms. The van der Waals surface area contributed by atoms with Crippen LogP contribution in [-0.2, 0) is 4.79 Å². The third-order valence-corrected chi connectivity index (χ3v) is 7.08. The first kappa shape index (κ1) is 21.2. The number of aromatic nitrogens is 2. The molecule has 7 nitrogen and oxygen atoms in total. The minimum atomic E-state index is -0.438. The molecule has 0 fully saturated rings. The molecule has 0 bridgehead atoms. The van der Waals surface area contributed by atoms with Crippen LogP contribution in [0.3, 0.4) is 0 Å². The van der Waals surface area contributed by atoms with Crippen molar-refractivity contribution in [3.63, 3.8) is 0 Å². The van der Waals surface area contributed by atoms with E-state index in [0.717, 1.165) is 33.6 Å². The van der Waals surface area contributed by atoms with Crippen LogP contribution in [0.15, 0.2) is 88.7 Å². The van der Waals surface area contributed by atoms with Gasteiger partial charge in [0.15, 0.2) is 5.84 Å². The Hall–Kier alpha value is -4.30. The summed E-state index contributed by atoms with van der Waals surface area (Å²) in [6.07, 6.45) is 5.14. The fourth-order valence-corrected chi connectivity index (χ4v) is 5.28. The summed E-state index contributed by atoms with van der Waals surface area (Å²) >= 11 is 1.26. The van der Waals surface area contributed by atoms with Crippen LogP contribution >= 0.6 is 11.8 Å². The fourth-order valence-electron chi connectivity index (χ4n) is 4.40. The third kappa shape index (κ3) is 3.59. The zero-order chi connectivity index (χ0) is 24.1. The maximum atomic E-state index is 12.9. The van der Waals surface area contributed by atoms with Crippen molar-refractivity contribution in [3.05, 3.63) is 101 Å². The normalized spacial score (nSPS) is 16.6. The smallest absolute Gasteiger partial charge is 0.283 e. The van der Waals surface area contributed by atoms with Crippen LogP contribution in [-0.4, -0.2) is 36.5 Å². The Labute approximate surface area is 206 Å². The number of hydrogen-bond donors (Lipinski definition) is 1.